The number of anilines is 1. The van der Waals surface area contributed by atoms with Crippen molar-refractivity contribution >= 4 is 30.8 Å². The van der Waals surface area contributed by atoms with E-state index in [2.05, 4.69) is 23.1 Å². The van der Waals surface area contributed by atoms with E-state index in [-0.39, 0.29) is 35.4 Å². The van der Waals surface area contributed by atoms with E-state index in [1.165, 1.54) is 106 Å². The number of phosphoric acid groups is 1. The number of nitrogens with zero attached hydrogens (tertiary/aromatic N) is 5. The number of unbranched alkanes of at least 4 members (excludes halogenated alkanes) is 16. The Balaban J connectivity index is 1.08. The van der Waals surface area contributed by atoms with Crippen LogP contribution in [0.15, 0.2) is 60.9 Å². The lowest BCUT2D eigenvalue weighted by atomic mass is 9.92. The Labute approximate surface area is 400 Å². The molecule has 14 nitrogen and oxygen atoms in total. The second-order valence-electron chi connectivity index (χ2n) is 18.1. The molecule has 0 saturated carbocycles. The van der Waals surface area contributed by atoms with Gasteiger partial charge in [0.15, 0.2) is 11.6 Å². The molecular weight excluding hydrogens is 898 g/mol. The molecule has 0 spiro atoms. The van der Waals surface area contributed by atoms with Crippen LogP contribution >= 0.6 is 19.4 Å². The minimum Gasteiger partial charge on any atom is -0.402 e. The lowest BCUT2D eigenvalue weighted by Gasteiger charge is -2.29. The third-order valence-electron chi connectivity index (χ3n) is 12.3. The molecule has 4 heterocycles. The Morgan fingerprint density at radius 3 is 2.18 bits per heavy atom. The number of para-hydroxylation sites is 1. The van der Waals surface area contributed by atoms with E-state index in [4.69, 9.17) is 49.9 Å². The van der Waals surface area contributed by atoms with Crippen LogP contribution in [0, 0.1) is 28.5 Å². The second-order valence-corrected chi connectivity index (χ2v) is 20.1. The molecule has 6 rings (SSSR count). The number of nitrogens with two attached hydrogens (primary N) is 1. The van der Waals surface area contributed by atoms with E-state index >= 15 is 0 Å². The summed E-state index contributed by atoms with van der Waals surface area (Å²) >= 11 is 6.48. The summed E-state index contributed by atoms with van der Waals surface area (Å²) in [7, 11) is -4.56. The molecule has 2 saturated heterocycles. The van der Waals surface area contributed by atoms with E-state index in [9.17, 15) is 19.5 Å². The van der Waals surface area contributed by atoms with E-state index in [0.29, 0.717) is 23.2 Å². The topological polar surface area (TPSA) is 185 Å². The molecule has 0 amide bonds. The highest BCUT2D eigenvalue weighted by molar-refractivity contribution is 7.48. The monoisotopic (exact) mass is 964 g/mol. The van der Waals surface area contributed by atoms with E-state index in [0.717, 1.165) is 31.7 Å². The zero-order chi connectivity index (χ0) is 47.7. The van der Waals surface area contributed by atoms with Crippen molar-refractivity contribution in [3.8, 4) is 17.9 Å². The fourth-order valence-corrected chi connectivity index (χ4v) is 10.3. The Hall–Kier alpha value is -4.15. The van der Waals surface area contributed by atoms with Crippen molar-refractivity contribution in [2.75, 3.05) is 18.9 Å². The number of benzene rings is 2. The SMILES string of the molecule is CCCCCCCCCCCCCCCCCCC[C@H](COP(=O)(OC[C@H]1O[C@@](C#N)(c2ccc3c(N)ncnn23)[C@@H]2OC(C)(C)O[C@@H]21)Oc1ccccc1Cl)OCc1cc(F)cc(C#N)c1. The van der Waals surface area contributed by atoms with E-state index in [1.807, 2.05) is 6.07 Å². The quantitative estimate of drug-likeness (QED) is 0.0385. The van der Waals surface area contributed by atoms with Crippen LogP contribution in [0.2, 0.25) is 5.02 Å². The first-order valence-corrected chi connectivity index (χ1v) is 25.9. The van der Waals surface area contributed by atoms with Crippen molar-refractivity contribution in [1.29, 1.82) is 10.5 Å². The van der Waals surface area contributed by atoms with Crippen molar-refractivity contribution in [2.45, 2.75) is 179 Å². The minimum atomic E-state index is -4.56. The third-order valence-corrected chi connectivity index (χ3v) is 14.0. The average Bonchev–Trinajstić information content (AvgIpc) is 3.98. The number of nitrogen functional groups attached to an aromatic ring is 1. The van der Waals surface area contributed by atoms with Crippen LogP contribution in [0.1, 0.15) is 153 Å². The van der Waals surface area contributed by atoms with Crippen LogP contribution < -0.4 is 10.3 Å². The molecule has 2 aromatic carbocycles. The van der Waals surface area contributed by atoms with Gasteiger partial charge in [-0.15, -0.1) is 0 Å². The van der Waals surface area contributed by atoms with Crippen LogP contribution in [0.5, 0.6) is 5.75 Å². The van der Waals surface area contributed by atoms with Crippen molar-refractivity contribution in [3.63, 3.8) is 0 Å². The first kappa shape index (κ1) is 52.2. The van der Waals surface area contributed by atoms with Gasteiger partial charge in [-0.25, -0.2) is 18.5 Å². The normalized spacial score (nSPS) is 21.1. The zero-order valence-corrected chi connectivity index (χ0v) is 40.9. The molecule has 67 heavy (non-hydrogen) atoms. The van der Waals surface area contributed by atoms with Gasteiger partial charge < -0.3 is 29.2 Å². The molecule has 6 atom stereocenters. The fourth-order valence-electron chi connectivity index (χ4n) is 8.86. The van der Waals surface area contributed by atoms with Gasteiger partial charge in [-0.1, -0.05) is 140 Å². The van der Waals surface area contributed by atoms with Crippen molar-refractivity contribution in [3.05, 3.63) is 88.6 Å². The summed E-state index contributed by atoms with van der Waals surface area (Å²) in [6, 6.07) is 18.1. The molecular formula is C50H67ClFN6O8P. The molecule has 17 heteroatoms. The number of ether oxygens (including phenoxy) is 4. The lowest BCUT2D eigenvalue weighted by Crippen LogP contribution is -2.40. The summed E-state index contributed by atoms with van der Waals surface area (Å²) < 4.78 is 74.3. The molecule has 0 bridgehead atoms. The lowest BCUT2D eigenvalue weighted by molar-refractivity contribution is -0.204. The molecule has 2 N–H and O–H groups in total. The highest BCUT2D eigenvalue weighted by atomic mass is 35.5. The number of fused-ring (bicyclic) bond motifs is 2. The average molecular weight is 966 g/mol. The van der Waals surface area contributed by atoms with Gasteiger partial charge in [0, 0.05) is 0 Å². The Bertz CT molecular complexity index is 2320. The number of rotatable bonds is 30. The maximum absolute atomic E-state index is 14.8. The molecule has 4 aromatic rings. The Morgan fingerprint density at radius 1 is 0.881 bits per heavy atom. The highest BCUT2D eigenvalue weighted by Gasteiger charge is 2.65. The summed E-state index contributed by atoms with van der Waals surface area (Å²) in [5.41, 5.74) is 5.80. The smallest absolute Gasteiger partial charge is 0.402 e. The van der Waals surface area contributed by atoms with Crippen LogP contribution in [-0.4, -0.2) is 58.0 Å². The van der Waals surface area contributed by atoms with Gasteiger partial charge in [-0.3, -0.25) is 9.05 Å². The zero-order valence-electron chi connectivity index (χ0n) is 39.2. The van der Waals surface area contributed by atoms with Crippen LogP contribution in [-0.2, 0) is 44.8 Å². The summed E-state index contributed by atoms with van der Waals surface area (Å²) in [5.74, 6) is -1.42. The standard InChI is InChI=1S/C50H67ClFN6O8P/c1-4-5-6-7-8-9-10-11-12-13-14-15-16-17-18-19-20-23-40(60-32-38-28-37(31-53)29-39(52)30-38)33-61-67(59,66-43-25-22-21-24-41(43)51)62-34-44-46-47(65-49(2,3)64-46)50(35-54,63-44)45-27-26-42-48(55)56-36-57-58(42)45/h21-22,24-30,36,40,44,46-47H,4-20,23,32-34H2,1-3H3,(H2,55,56,57)/t40-,44-,46-,47-,50+,67?/m1/s1. The summed E-state index contributed by atoms with van der Waals surface area (Å²) in [6.45, 7) is 5.03. The van der Waals surface area contributed by atoms with Crippen LogP contribution in [0.4, 0.5) is 10.2 Å². The third kappa shape index (κ3) is 14.7. The summed E-state index contributed by atoms with van der Waals surface area (Å²) in [4.78, 5) is 4.06. The molecule has 2 aliphatic heterocycles. The summed E-state index contributed by atoms with van der Waals surface area (Å²) in [5, 5.41) is 24.8. The highest BCUT2D eigenvalue weighted by Crippen LogP contribution is 2.54. The fraction of sp³-hybridized carbons (Fsp3) is 0.600. The molecule has 0 radical (unpaired) electrons. The number of hydrogen-bond acceptors (Lipinski definition) is 13. The number of nitriles is 2. The number of halogens is 2. The molecule has 2 fully saturated rings. The van der Waals surface area contributed by atoms with Gasteiger partial charge in [-0.2, -0.15) is 15.6 Å². The summed E-state index contributed by atoms with van der Waals surface area (Å²) in [6.07, 6.45) is 19.5. The van der Waals surface area contributed by atoms with Crippen LogP contribution in [0.25, 0.3) is 5.52 Å². The molecule has 1 unspecified atom stereocenters. The maximum atomic E-state index is 14.8. The van der Waals surface area contributed by atoms with Gasteiger partial charge in [0.25, 0.3) is 0 Å². The van der Waals surface area contributed by atoms with E-state index in [1.54, 1.807) is 50.2 Å². The molecule has 364 valence electrons. The van der Waals surface area contributed by atoms with Crippen molar-refractivity contribution < 1.29 is 41.5 Å². The van der Waals surface area contributed by atoms with Gasteiger partial charge >= 0.3 is 7.82 Å². The van der Waals surface area contributed by atoms with Gasteiger partial charge in [0.1, 0.15) is 47.8 Å². The van der Waals surface area contributed by atoms with Crippen molar-refractivity contribution in [1.82, 2.24) is 14.6 Å². The minimum absolute atomic E-state index is 0.0245. The molecule has 2 aliphatic rings. The van der Waals surface area contributed by atoms with E-state index < -0.39 is 56.1 Å². The maximum Gasteiger partial charge on any atom is 0.530 e. The predicted molar refractivity (Wildman–Crippen MR) is 253 cm³/mol. The van der Waals surface area contributed by atoms with Crippen molar-refractivity contribution in [2.24, 2.45) is 0 Å². The van der Waals surface area contributed by atoms with Gasteiger partial charge in [0.2, 0.25) is 5.60 Å². The second kappa shape index (κ2) is 25.5. The first-order valence-electron chi connectivity index (χ1n) is 24.1. The molecule has 2 aromatic heterocycles. The number of hydrogen-bond donors (Lipinski definition) is 1. The van der Waals surface area contributed by atoms with Gasteiger partial charge in [0.05, 0.1) is 48.3 Å². The van der Waals surface area contributed by atoms with Crippen LogP contribution in [0.3, 0.4) is 0 Å². The molecule has 0 aliphatic carbocycles. The predicted octanol–water partition coefficient (Wildman–Crippen LogP) is 12.5. The number of aromatic nitrogens is 3. The Morgan fingerprint density at radius 2 is 1.54 bits per heavy atom. The number of phosphoric ester groups is 1. The van der Waals surface area contributed by atoms with Gasteiger partial charge in [-0.05, 0) is 68.3 Å². The first-order chi connectivity index (χ1) is 32.4. The largest absolute Gasteiger partial charge is 0.530 e. The Kier molecular flexibility index (Phi) is 19.8.